The Morgan fingerprint density at radius 3 is 2.77 bits per heavy atom. The van der Waals surface area contributed by atoms with Crippen molar-refractivity contribution < 1.29 is 19.0 Å². The number of nitrogens with zero attached hydrogens (tertiary/aromatic N) is 5. The molecule has 0 aliphatic carbocycles. The summed E-state index contributed by atoms with van der Waals surface area (Å²) >= 11 is 12.5. The number of halogens is 4. The number of hydrogen-bond donors (Lipinski definition) is 1. The van der Waals surface area contributed by atoms with Crippen LogP contribution < -0.4 is 9.64 Å². The first-order valence-electron chi connectivity index (χ1n) is 11.9. The van der Waals surface area contributed by atoms with Crippen molar-refractivity contribution in [2.45, 2.75) is 55.9 Å². The Morgan fingerprint density at radius 2 is 2.06 bits per heavy atom. The summed E-state index contributed by atoms with van der Waals surface area (Å²) in [5.41, 5.74) is 0.281. The zero-order valence-corrected chi connectivity index (χ0v) is 23.4. The van der Waals surface area contributed by atoms with E-state index in [0.29, 0.717) is 49.0 Å². The van der Waals surface area contributed by atoms with E-state index in [-0.39, 0.29) is 23.6 Å². The van der Waals surface area contributed by atoms with Crippen LogP contribution in [0.2, 0.25) is 5.02 Å². The maximum atomic E-state index is 14.2. The largest absolute Gasteiger partial charge is 0.465 e. The maximum Gasteiger partial charge on any atom is 0.407 e. The molecule has 4 atom stereocenters. The van der Waals surface area contributed by atoms with Gasteiger partial charge in [0.05, 0.1) is 32.6 Å². The van der Waals surface area contributed by atoms with Gasteiger partial charge in [-0.05, 0) is 76.8 Å². The summed E-state index contributed by atoms with van der Waals surface area (Å²) in [7, 11) is 0. The molecule has 0 radical (unpaired) electrons. The van der Waals surface area contributed by atoms with E-state index in [1.807, 2.05) is 6.07 Å². The lowest BCUT2D eigenvalue weighted by atomic mass is 9.95. The molecule has 0 spiro atoms. The number of rotatable bonds is 4. The van der Waals surface area contributed by atoms with Gasteiger partial charge in [0.15, 0.2) is 0 Å². The predicted octanol–water partition coefficient (Wildman–Crippen LogP) is 4.94. The molecule has 188 valence electrons. The smallest absolute Gasteiger partial charge is 0.407 e. The van der Waals surface area contributed by atoms with E-state index in [4.69, 9.17) is 21.3 Å². The Morgan fingerprint density at radius 1 is 1.31 bits per heavy atom. The molecule has 4 saturated heterocycles. The Labute approximate surface area is 229 Å². The molecule has 0 saturated carbocycles. The second-order valence-corrected chi connectivity index (χ2v) is 12.4. The summed E-state index contributed by atoms with van der Waals surface area (Å²) in [6.45, 7) is 2.79. The Hall–Kier alpha value is -1.18. The molecule has 1 N–H and O–H groups in total. The van der Waals surface area contributed by atoms with Crippen LogP contribution in [0.1, 0.15) is 32.1 Å². The van der Waals surface area contributed by atoms with Crippen LogP contribution in [0.3, 0.4) is 0 Å². The number of aromatic nitrogens is 2. The van der Waals surface area contributed by atoms with E-state index in [9.17, 15) is 14.3 Å². The van der Waals surface area contributed by atoms with Crippen molar-refractivity contribution in [3.63, 3.8) is 0 Å². The number of fused-ring (bicyclic) bond motifs is 4. The molecule has 4 aliphatic heterocycles. The molecule has 4 fully saturated rings. The molecule has 1 aromatic heterocycles. The van der Waals surface area contributed by atoms with Crippen molar-refractivity contribution in [1.29, 1.82) is 0 Å². The maximum absolute atomic E-state index is 14.2. The number of carbonyl (C=O) groups is 1. The molecule has 12 heteroatoms. The van der Waals surface area contributed by atoms with E-state index < -0.39 is 12.3 Å². The SMILES string of the molecule is O=C(O)N1[C@@H]2CC[C@H]1CN(c1nc(OC[C@@]34CCCN3C[C@H](F)C4)nc3c(Cl)c(Br)c(I)cc13)C2. The van der Waals surface area contributed by atoms with Gasteiger partial charge in [-0.3, -0.25) is 9.80 Å². The standard InChI is InChI=1S/C23H25BrClFIN5O3/c24-17-16(27)6-15-19(18(17)25)28-21(35-11-23-4-1-5-31(23)8-12(26)7-23)29-20(15)30-9-13-2-3-14(10-30)32(13)22(33)34/h6,12-14H,1-5,7-11H2,(H,33,34)/t12-,13-,14+,23+/m1/s1. The van der Waals surface area contributed by atoms with Crippen LogP contribution in [0.5, 0.6) is 6.01 Å². The van der Waals surface area contributed by atoms with Gasteiger partial charge in [-0.2, -0.15) is 9.97 Å². The Kier molecular flexibility index (Phi) is 6.20. The predicted molar refractivity (Wildman–Crippen MR) is 142 cm³/mol. The van der Waals surface area contributed by atoms with Crippen molar-refractivity contribution in [2.75, 3.05) is 37.7 Å². The van der Waals surface area contributed by atoms with Crippen LogP contribution >= 0.6 is 50.1 Å². The number of ether oxygens (including phenoxy) is 1. The fourth-order valence-electron chi connectivity index (χ4n) is 6.48. The number of piperazine rings is 1. The highest BCUT2D eigenvalue weighted by molar-refractivity contribution is 14.1. The van der Waals surface area contributed by atoms with Crippen LogP contribution in [-0.4, -0.2) is 87.5 Å². The first kappa shape index (κ1) is 24.2. The number of anilines is 1. The zero-order valence-electron chi connectivity index (χ0n) is 18.9. The van der Waals surface area contributed by atoms with Crippen molar-refractivity contribution in [2.24, 2.45) is 0 Å². The average molecular weight is 681 g/mol. The molecule has 5 heterocycles. The first-order valence-corrected chi connectivity index (χ1v) is 14.1. The van der Waals surface area contributed by atoms with E-state index in [1.54, 1.807) is 4.90 Å². The number of hydrogen-bond acceptors (Lipinski definition) is 6. The van der Waals surface area contributed by atoms with Crippen LogP contribution in [0.15, 0.2) is 10.5 Å². The van der Waals surface area contributed by atoms with Crippen LogP contribution in [0.25, 0.3) is 10.9 Å². The summed E-state index contributed by atoms with van der Waals surface area (Å²) in [4.78, 5) is 27.2. The number of benzene rings is 1. The van der Waals surface area contributed by atoms with Gasteiger partial charge in [-0.1, -0.05) is 11.6 Å². The molecule has 0 unspecified atom stereocenters. The van der Waals surface area contributed by atoms with Gasteiger partial charge in [0.2, 0.25) is 0 Å². The summed E-state index contributed by atoms with van der Waals surface area (Å²) in [5, 5.41) is 11.0. The van der Waals surface area contributed by atoms with Gasteiger partial charge in [-0.15, -0.1) is 0 Å². The highest BCUT2D eigenvalue weighted by Gasteiger charge is 2.49. The van der Waals surface area contributed by atoms with Gasteiger partial charge < -0.3 is 14.7 Å². The Balaban J connectivity index is 1.37. The van der Waals surface area contributed by atoms with Crippen molar-refractivity contribution in [3.05, 3.63) is 19.1 Å². The zero-order chi connectivity index (χ0) is 24.5. The lowest BCUT2D eigenvalue weighted by molar-refractivity contribution is 0.107. The fraction of sp³-hybridized carbons (Fsp3) is 0.609. The van der Waals surface area contributed by atoms with Gasteiger partial charge in [0.1, 0.15) is 18.6 Å². The molecular weight excluding hydrogens is 656 g/mol. The van der Waals surface area contributed by atoms with Crippen molar-refractivity contribution in [1.82, 2.24) is 19.8 Å². The topological polar surface area (TPSA) is 82.0 Å². The molecule has 2 aromatic rings. The molecule has 2 bridgehead atoms. The normalized spacial score (nSPS) is 30.3. The highest BCUT2D eigenvalue weighted by atomic mass is 127. The lowest BCUT2D eigenvalue weighted by Gasteiger charge is -2.40. The summed E-state index contributed by atoms with van der Waals surface area (Å²) in [5.74, 6) is 0.704. The molecule has 35 heavy (non-hydrogen) atoms. The van der Waals surface area contributed by atoms with Gasteiger partial charge in [0.25, 0.3) is 0 Å². The van der Waals surface area contributed by atoms with Crippen LogP contribution in [-0.2, 0) is 0 Å². The quantitative estimate of drug-likeness (QED) is 0.362. The number of alkyl halides is 1. The number of amides is 1. The fourth-order valence-corrected chi connectivity index (χ4v) is 7.77. The second-order valence-electron chi connectivity index (χ2n) is 10.1. The minimum absolute atomic E-state index is 0.0726. The minimum atomic E-state index is -0.863. The van der Waals surface area contributed by atoms with Gasteiger partial charge in [0, 0.05) is 35.0 Å². The molecule has 4 aliphatic rings. The molecule has 1 aromatic carbocycles. The summed E-state index contributed by atoms with van der Waals surface area (Å²) in [6, 6.07) is 2.07. The van der Waals surface area contributed by atoms with E-state index in [0.717, 1.165) is 45.7 Å². The minimum Gasteiger partial charge on any atom is -0.465 e. The third kappa shape index (κ3) is 4.04. The third-order valence-corrected chi connectivity index (χ3v) is 11.0. The van der Waals surface area contributed by atoms with Crippen LogP contribution in [0, 0.1) is 3.57 Å². The highest BCUT2D eigenvalue weighted by Crippen LogP contribution is 2.42. The van der Waals surface area contributed by atoms with Crippen molar-refractivity contribution >= 4 is 72.9 Å². The summed E-state index contributed by atoms with van der Waals surface area (Å²) in [6.07, 6.45) is 2.39. The third-order valence-electron chi connectivity index (χ3n) is 8.02. The second kappa shape index (κ2) is 8.98. The van der Waals surface area contributed by atoms with Crippen LogP contribution in [0.4, 0.5) is 15.0 Å². The van der Waals surface area contributed by atoms with Gasteiger partial charge >= 0.3 is 12.1 Å². The van der Waals surface area contributed by atoms with Gasteiger partial charge in [-0.25, -0.2) is 9.18 Å². The lowest BCUT2D eigenvalue weighted by Crippen LogP contribution is -2.55. The van der Waals surface area contributed by atoms with E-state index in [1.165, 1.54) is 0 Å². The summed E-state index contributed by atoms with van der Waals surface area (Å²) < 4.78 is 22.1. The molecule has 8 nitrogen and oxygen atoms in total. The molecule has 1 amide bonds. The van der Waals surface area contributed by atoms with Crippen molar-refractivity contribution in [3.8, 4) is 6.01 Å². The monoisotopic (exact) mass is 679 g/mol. The number of carboxylic acid groups (broad SMARTS) is 1. The Bertz CT molecular complexity index is 1200. The molecule has 6 rings (SSSR count). The average Bonchev–Trinajstić information content (AvgIpc) is 3.43. The van der Waals surface area contributed by atoms with E-state index in [2.05, 4.69) is 53.3 Å². The molecular formula is C23H25BrClFIN5O3. The first-order chi connectivity index (χ1) is 16.8. The van der Waals surface area contributed by atoms with E-state index >= 15 is 0 Å².